The second-order valence-corrected chi connectivity index (χ2v) is 3.08. The van der Waals surface area contributed by atoms with Crippen LogP contribution < -0.4 is 0 Å². The number of carboxylic acids is 1. The minimum absolute atomic E-state index is 0.0362. The fourth-order valence-electron chi connectivity index (χ4n) is 1.21. The van der Waals surface area contributed by atoms with Crippen LogP contribution in [0.3, 0.4) is 0 Å². The molecule has 0 unspecified atom stereocenters. The van der Waals surface area contributed by atoms with E-state index in [1.54, 1.807) is 15.8 Å². The highest BCUT2D eigenvalue weighted by atomic mass is 16.4. The summed E-state index contributed by atoms with van der Waals surface area (Å²) in [5.41, 5.74) is 0. The summed E-state index contributed by atoms with van der Waals surface area (Å²) in [6.45, 7) is 1.53. The Morgan fingerprint density at radius 2 is 2.47 bits per heavy atom. The summed E-state index contributed by atoms with van der Waals surface area (Å²) < 4.78 is 1.74. The Morgan fingerprint density at radius 3 is 3.00 bits per heavy atom. The number of aromatic nitrogens is 2. The highest BCUT2D eigenvalue weighted by Gasteiger charge is 2.07. The minimum atomic E-state index is -0.870. The van der Waals surface area contributed by atoms with Gasteiger partial charge >= 0.3 is 5.97 Å². The molecule has 5 heteroatoms. The molecule has 1 heterocycles. The van der Waals surface area contributed by atoms with Gasteiger partial charge in [-0.25, -0.2) is 0 Å². The van der Waals surface area contributed by atoms with Gasteiger partial charge in [-0.05, 0) is 6.07 Å². The normalized spacial score (nSPS) is 10.1. The van der Waals surface area contributed by atoms with Crippen molar-refractivity contribution >= 4 is 5.97 Å². The number of hydrogen-bond acceptors (Lipinski definition) is 3. The largest absolute Gasteiger partial charge is 0.480 e. The van der Waals surface area contributed by atoms with Gasteiger partial charge in [-0.3, -0.25) is 14.4 Å². The molecule has 1 aromatic heterocycles. The molecule has 0 fully saturated rings. The van der Waals surface area contributed by atoms with E-state index in [2.05, 4.69) is 11.0 Å². The van der Waals surface area contributed by atoms with E-state index in [1.165, 1.54) is 0 Å². The van der Waals surface area contributed by atoms with Crippen LogP contribution in [-0.2, 0) is 11.3 Å². The maximum absolute atomic E-state index is 10.5. The molecule has 1 aromatic rings. The lowest BCUT2D eigenvalue weighted by Crippen LogP contribution is -2.33. The van der Waals surface area contributed by atoms with E-state index in [9.17, 15) is 4.79 Å². The predicted octanol–water partition coefficient (Wildman–Crippen LogP) is -0.0971. The Hall–Kier alpha value is -1.80. The zero-order chi connectivity index (χ0) is 11.1. The lowest BCUT2D eigenvalue weighted by molar-refractivity contribution is -0.138. The van der Waals surface area contributed by atoms with Gasteiger partial charge in [0.2, 0.25) is 0 Å². The van der Waals surface area contributed by atoms with Crippen molar-refractivity contribution in [1.29, 1.82) is 0 Å². The molecular formula is C10H13N3O2. The summed E-state index contributed by atoms with van der Waals surface area (Å²) >= 11 is 0. The Balaban J connectivity index is 2.38. The van der Waals surface area contributed by atoms with Crippen LogP contribution in [0, 0.1) is 12.3 Å². The van der Waals surface area contributed by atoms with Crippen molar-refractivity contribution in [3.8, 4) is 12.3 Å². The summed E-state index contributed by atoms with van der Waals surface area (Å²) in [4.78, 5) is 12.2. The Morgan fingerprint density at radius 1 is 1.67 bits per heavy atom. The summed E-state index contributed by atoms with van der Waals surface area (Å²) in [7, 11) is 0. The monoisotopic (exact) mass is 207 g/mol. The highest BCUT2D eigenvalue weighted by molar-refractivity contribution is 5.69. The fourth-order valence-corrected chi connectivity index (χ4v) is 1.21. The van der Waals surface area contributed by atoms with E-state index in [0.717, 1.165) is 0 Å². The van der Waals surface area contributed by atoms with Crippen LogP contribution >= 0.6 is 0 Å². The van der Waals surface area contributed by atoms with Gasteiger partial charge in [-0.15, -0.1) is 6.42 Å². The maximum Gasteiger partial charge on any atom is 0.317 e. The van der Waals surface area contributed by atoms with Gasteiger partial charge in [0.25, 0.3) is 0 Å². The molecule has 1 N–H and O–H groups in total. The smallest absolute Gasteiger partial charge is 0.317 e. The topological polar surface area (TPSA) is 58.4 Å². The van der Waals surface area contributed by atoms with Crippen molar-refractivity contribution in [2.75, 3.05) is 19.6 Å². The van der Waals surface area contributed by atoms with Crippen LogP contribution in [0.2, 0.25) is 0 Å². The number of terminal acetylenes is 1. The summed E-state index contributed by atoms with van der Waals surface area (Å²) in [5, 5.41) is 12.7. The Bertz CT molecular complexity index is 340. The van der Waals surface area contributed by atoms with Crippen LogP contribution in [0.5, 0.6) is 0 Å². The van der Waals surface area contributed by atoms with Crippen LogP contribution in [0.4, 0.5) is 0 Å². The average molecular weight is 207 g/mol. The van der Waals surface area contributed by atoms with E-state index in [0.29, 0.717) is 19.6 Å². The van der Waals surface area contributed by atoms with E-state index in [4.69, 9.17) is 11.5 Å². The molecule has 0 aliphatic rings. The summed E-state index contributed by atoms with van der Waals surface area (Å²) in [5.74, 6) is 1.57. The maximum atomic E-state index is 10.5. The van der Waals surface area contributed by atoms with Gasteiger partial charge in [-0.2, -0.15) is 5.10 Å². The van der Waals surface area contributed by atoms with E-state index < -0.39 is 5.97 Å². The number of carboxylic acid groups (broad SMARTS) is 1. The molecule has 0 spiro atoms. The van der Waals surface area contributed by atoms with Gasteiger partial charge in [0.05, 0.1) is 19.6 Å². The second-order valence-electron chi connectivity index (χ2n) is 3.08. The zero-order valence-corrected chi connectivity index (χ0v) is 8.33. The molecule has 0 aliphatic heterocycles. The van der Waals surface area contributed by atoms with Crippen molar-refractivity contribution in [1.82, 2.24) is 14.7 Å². The van der Waals surface area contributed by atoms with Crippen molar-refractivity contribution in [3.05, 3.63) is 18.5 Å². The standard InChI is InChI=1S/C10H13N3O2/c1-2-5-12(9-10(14)15)7-8-13-6-3-4-11-13/h1,3-4,6H,5,7-9H2,(H,14,15). The predicted molar refractivity (Wildman–Crippen MR) is 55.1 cm³/mol. The molecule has 0 aromatic carbocycles. The number of nitrogens with zero attached hydrogens (tertiary/aromatic N) is 3. The SMILES string of the molecule is C#CCN(CCn1cccn1)CC(=O)O. The minimum Gasteiger partial charge on any atom is -0.480 e. The third-order valence-corrected chi connectivity index (χ3v) is 1.88. The average Bonchev–Trinajstić information content (AvgIpc) is 2.66. The van der Waals surface area contributed by atoms with Crippen molar-refractivity contribution in [2.45, 2.75) is 6.54 Å². The third kappa shape index (κ3) is 4.29. The van der Waals surface area contributed by atoms with Gasteiger partial charge < -0.3 is 5.11 Å². The third-order valence-electron chi connectivity index (χ3n) is 1.88. The number of aliphatic carboxylic acids is 1. The quantitative estimate of drug-likeness (QED) is 0.662. The van der Waals surface area contributed by atoms with Crippen LogP contribution in [0.1, 0.15) is 0 Å². The molecule has 0 bridgehead atoms. The summed E-state index contributed by atoms with van der Waals surface area (Å²) in [6, 6.07) is 1.82. The molecule has 5 nitrogen and oxygen atoms in total. The first kappa shape index (κ1) is 11.3. The van der Waals surface area contributed by atoms with Crippen LogP contribution in [-0.4, -0.2) is 45.4 Å². The molecule has 0 amide bonds. The first-order valence-electron chi connectivity index (χ1n) is 4.57. The molecule has 0 radical (unpaired) electrons. The van der Waals surface area contributed by atoms with Crippen molar-refractivity contribution < 1.29 is 9.90 Å². The van der Waals surface area contributed by atoms with E-state index in [-0.39, 0.29) is 6.54 Å². The first-order valence-corrected chi connectivity index (χ1v) is 4.57. The molecule has 80 valence electrons. The number of hydrogen-bond donors (Lipinski definition) is 1. The second kappa shape index (κ2) is 5.83. The number of rotatable bonds is 6. The Kier molecular flexibility index (Phi) is 4.38. The number of carbonyl (C=O) groups is 1. The van der Waals surface area contributed by atoms with Crippen molar-refractivity contribution in [2.24, 2.45) is 0 Å². The van der Waals surface area contributed by atoms with E-state index >= 15 is 0 Å². The molecule has 0 aliphatic carbocycles. The highest BCUT2D eigenvalue weighted by Crippen LogP contribution is 1.91. The molecule has 0 saturated heterocycles. The van der Waals surface area contributed by atoms with Gasteiger partial charge in [0, 0.05) is 18.9 Å². The molecular weight excluding hydrogens is 194 g/mol. The van der Waals surface area contributed by atoms with Gasteiger partial charge in [-0.1, -0.05) is 5.92 Å². The first-order chi connectivity index (χ1) is 7.22. The van der Waals surface area contributed by atoms with Crippen molar-refractivity contribution in [3.63, 3.8) is 0 Å². The molecule has 0 saturated carbocycles. The lowest BCUT2D eigenvalue weighted by atomic mass is 10.4. The van der Waals surface area contributed by atoms with Gasteiger partial charge in [0.1, 0.15) is 0 Å². The van der Waals surface area contributed by atoms with Gasteiger partial charge in [0.15, 0.2) is 0 Å². The zero-order valence-electron chi connectivity index (χ0n) is 8.33. The molecule has 0 atom stereocenters. The summed E-state index contributed by atoms with van der Waals surface area (Å²) in [6.07, 6.45) is 8.66. The van der Waals surface area contributed by atoms with Crippen LogP contribution in [0.25, 0.3) is 0 Å². The molecule has 15 heavy (non-hydrogen) atoms. The van der Waals surface area contributed by atoms with Crippen LogP contribution in [0.15, 0.2) is 18.5 Å². The van der Waals surface area contributed by atoms with E-state index in [1.807, 2.05) is 12.3 Å². The lowest BCUT2D eigenvalue weighted by Gasteiger charge is -2.16. The Labute approximate surface area is 88.3 Å². The fraction of sp³-hybridized carbons (Fsp3) is 0.400. The molecule has 1 rings (SSSR count).